The smallest absolute Gasteiger partial charge is 0.408 e. The van der Waals surface area contributed by atoms with Gasteiger partial charge in [-0.3, -0.25) is 4.68 Å². The van der Waals surface area contributed by atoms with E-state index in [0.717, 1.165) is 5.56 Å². The second-order valence-corrected chi connectivity index (χ2v) is 5.27. The summed E-state index contributed by atoms with van der Waals surface area (Å²) in [4.78, 5) is 15.6. The molecular weight excluding hydrogens is 262 g/mol. The zero-order valence-electron chi connectivity index (χ0n) is 11.9. The van der Waals surface area contributed by atoms with Gasteiger partial charge in [0.1, 0.15) is 12.1 Å². The fraction of sp³-hybridized carbons (Fsp3) is 0.500. The van der Waals surface area contributed by atoms with Gasteiger partial charge in [0.15, 0.2) is 0 Å². The molecule has 8 nitrogen and oxygen atoms in total. The lowest BCUT2D eigenvalue weighted by atomic mass is 10.2. The number of hydrogen-bond donors (Lipinski definition) is 1. The zero-order chi connectivity index (χ0) is 14.8. The highest BCUT2D eigenvalue weighted by Crippen LogP contribution is 2.14. The van der Waals surface area contributed by atoms with Crippen LogP contribution in [0.5, 0.6) is 0 Å². The third kappa shape index (κ3) is 3.81. The van der Waals surface area contributed by atoms with Gasteiger partial charge >= 0.3 is 6.09 Å². The second-order valence-electron chi connectivity index (χ2n) is 5.27. The molecule has 0 aliphatic rings. The number of aryl methyl sites for hydroxylation is 1. The number of nitrogens with zero attached hydrogens (tertiary/aromatic N) is 4. The SMILES string of the molecule is Cn1cc(-c2noc(CNC(=O)OC(C)(C)C)n2)cn1. The normalized spacial score (nSPS) is 11.4. The molecule has 1 amide bonds. The van der Waals surface area contributed by atoms with Crippen molar-refractivity contribution in [3.05, 3.63) is 18.3 Å². The molecule has 2 rings (SSSR count). The largest absolute Gasteiger partial charge is 0.444 e. The van der Waals surface area contributed by atoms with E-state index in [-0.39, 0.29) is 6.54 Å². The number of rotatable bonds is 3. The number of amides is 1. The molecule has 2 heterocycles. The van der Waals surface area contributed by atoms with Gasteiger partial charge in [0.2, 0.25) is 11.7 Å². The Bertz CT molecular complexity index is 596. The van der Waals surface area contributed by atoms with Crippen molar-refractivity contribution in [1.29, 1.82) is 0 Å². The van der Waals surface area contributed by atoms with Crippen molar-refractivity contribution in [2.45, 2.75) is 32.9 Å². The van der Waals surface area contributed by atoms with E-state index in [1.54, 1.807) is 44.9 Å². The van der Waals surface area contributed by atoms with Gasteiger partial charge < -0.3 is 14.6 Å². The maximum atomic E-state index is 11.5. The lowest BCUT2D eigenvalue weighted by molar-refractivity contribution is 0.0518. The molecule has 0 aromatic carbocycles. The Hall–Kier alpha value is -2.38. The lowest BCUT2D eigenvalue weighted by Crippen LogP contribution is -2.32. The molecule has 0 saturated carbocycles. The molecule has 0 aliphatic carbocycles. The van der Waals surface area contributed by atoms with Crippen LogP contribution in [0.1, 0.15) is 26.7 Å². The number of hydrogen-bond acceptors (Lipinski definition) is 6. The number of aromatic nitrogens is 4. The first-order chi connectivity index (χ1) is 9.33. The molecule has 0 bridgehead atoms. The number of ether oxygens (including phenoxy) is 1. The second kappa shape index (κ2) is 5.32. The summed E-state index contributed by atoms with van der Waals surface area (Å²) < 4.78 is 11.8. The Morgan fingerprint density at radius 3 is 2.85 bits per heavy atom. The zero-order valence-corrected chi connectivity index (χ0v) is 11.9. The van der Waals surface area contributed by atoms with E-state index in [4.69, 9.17) is 9.26 Å². The van der Waals surface area contributed by atoms with Crippen molar-refractivity contribution in [2.24, 2.45) is 7.05 Å². The van der Waals surface area contributed by atoms with Crippen LogP contribution < -0.4 is 5.32 Å². The highest BCUT2D eigenvalue weighted by molar-refractivity contribution is 5.67. The number of nitrogens with one attached hydrogen (secondary N) is 1. The first kappa shape index (κ1) is 14.0. The van der Waals surface area contributed by atoms with Gasteiger partial charge in [0, 0.05) is 13.2 Å². The Labute approximate surface area is 116 Å². The van der Waals surface area contributed by atoms with E-state index < -0.39 is 11.7 Å². The van der Waals surface area contributed by atoms with Gasteiger partial charge in [-0.2, -0.15) is 10.1 Å². The number of alkyl carbamates (subject to hydrolysis) is 1. The Kier molecular flexibility index (Phi) is 3.73. The molecule has 0 unspecified atom stereocenters. The fourth-order valence-electron chi connectivity index (χ4n) is 1.44. The van der Waals surface area contributed by atoms with Crippen LogP contribution in [0.15, 0.2) is 16.9 Å². The monoisotopic (exact) mass is 279 g/mol. The van der Waals surface area contributed by atoms with Gasteiger partial charge in [-0.1, -0.05) is 5.16 Å². The third-order valence-corrected chi connectivity index (χ3v) is 2.21. The average Bonchev–Trinajstić information content (AvgIpc) is 2.92. The van der Waals surface area contributed by atoms with Crippen molar-refractivity contribution in [2.75, 3.05) is 0 Å². The van der Waals surface area contributed by atoms with Crippen molar-refractivity contribution in [3.8, 4) is 11.4 Å². The maximum absolute atomic E-state index is 11.5. The van der Waals surface area contributed by atoms with Gasteiger partial charge in [-0.25, -0.2) is 4.79 Å². The highest BCUT2D eigenvalue weighted by Gasteiger charge is 2.17. The Morgan fingerprint density at radius 1 is 1.50 bits per heavy atom. The minimum absolute atomic E-state index is 0.113. The highest BCUT2D eigenvalue weighted by atomic mass is 16.6. The van der Waals surface area contributed by atoms with Crippen molar-refractivity contribution in [3.63, 3.8) is 0 Å². The van der Waals surface area contributed by atoms with Crippen LogP contribution in [-0.2, 0) is 18.3 Å². The molecule has 0 atom stereocenters. The Morgan fingerprint density at radius 2 is 2.25 bits per heavy atom. The third-order valence-electron chi connectivity index (χ3n) is 2.21. The van der Waals surface area contributed by atoms with Crippen LogP contribution in [0.25, 0.3) is 11.4 Å². The molecule has 108 valence electrons. The summed E-state index contributed by atoms with van der Waals surface area (Å²) >= 11 is 0. The predicted octanol–water partition coefficient (Wildman–Crippen LogP) is 1.49. The summed E-state index contributed by atoms with van der Waals surface area (Å²) in [7, 11) is 1.80. The van der Waals surface area contributed by atoms with Crippen LogP contribution in [0.4, 0.5) is 4.79 Å². The van der Waals surface area contributed by atoms with E-state index in [1.807, 2.05) is 0 Å². The van der Waals surface area contributed by atoms with Crippen LogP contribution in [0.2, 0.25) is 0 Å². The van der Waals surface area contributed by atoms with Gasteiger partial charge in [0.05, 0.1) is 11.8 Å². The van der Waals surface area contributed by atoms with Crippen molar-refractivity contribution >= 4 is 6.09 Å². The van der Waals surface area contributed by atoms with Crippen LogP contribution >= 0.6 is 0 Å². The van der Waals surface area contributed by atoms with Crippen LogP contribution in [0, 0.1) is 0 Å². The molecule has 20 heavy (non-hydrogen) atoms. The van der Waals surface area contributed by atoms with Gasteiger partial charge in [-0.05, 0) is 20.8 Å². The first-order valence-corrected chi connectivity index (χ1v) is 6.12. The maximum Gasteiger partial charge on any atom is 0.408 e. The molecule has 2 aromatic heterocycles. The van der Waals surface area contributed by atoms with Crippen molar-refractivity contribution < 1.29 is 14.1 Å². The van der Waals surface area contributed by atoms with Crippen LogP contribution in [0.3, 0.4) is 0 Å². The first-order valence-electron chi connectivity index (χ1n) is 6.12. The standard InChI is InChI=1S/C12H17N5O3/c1-12(2,3)19-11(18)13-6-9-15-10(16-20-9)8-5-14-17(4)7-8/h5,7H,6H2,1-4H3,(H,13,18). The number of carbonyl (C=O) groups is 1. The van der Waals surface area contributed by atoms with Gasteiger partial charge in [-0.15, -0.1) is 0 Å². The molecular formula is C12H17N5O3. The summed E-state index contributed by atoms with van der Waals surface area (Å²) in [6.45, 7) is 5.49. The molecule has 8 heteroatoms. The average molecular weight is 279 g/mol. The molecule has 1 N–H and O–H groups in total. The van der Waals surface area contributed by atoms with E-state index in [1.165, 1.54) is 0 Å². The minimum Gasteiger partial charge on any atom is -0.444 e. The van der Waals surface area contributed by atoms with Gasteiger partial charge in [0.25, 0.3) is 0 Å². The van der Waals surface area contributed by atoms with E-state index >= 15 is 0 Å². The van der Waals surface area contributed by atoms with Crippen molar-refractivity contribution in [1.82, 2.24) is 25.2 Å². The molecule has 2 aromatic rings. The summed E-state index contributed by atoms with van der Waals surface area (Å²) in [6.07, 6.45) is 2.88. The molecule has 0 aliphatic heterocycles. The minimum atomic E-state index is -0.542. The summed E-state index contributed by atoms with van der Waals surface area (Å²) in [5.74, 6) is 0.730. The molecule has 0 spiro atoms. The quantitative estimate of drug-likeness (QED) is 0.914. The molecule has 0 saturated heterocycles. The van der Waals surface area contributed by atoms with E-state index in [9.17, 15) is 4.79 Å². The fourth-order valence-corrected chi connectivity index (χ4v) is 1.44. The Balaban J connectivity index is 1.92. The topological polar surface area (TPSA) is 95.1 Å². The molecule has 0 radical (unpaired) electrons. The van der Waals surface area contributed by atoms with E-state index in [0.29, 0.717) is 11.7 Å². The summed E-state index contributed by atoms with van der Waals surface area (Å²) in [5.41, 5.74) is 0.208. The number of carbonyl (C=O) groups excluding carboxylic acids is 1. The van der Waals surface area contributed by atoms with Crippen LogP contribution in [-0.4, -0.2) is 31.6 Å². The van der Waals surface area contributed by atoms with E-state index in [2.05, 4.69) is 20.6 Å². The summed E-state index contributed by atoms with van der Waals surface area (Å²) in [5, 5.41) is 10.4. The summed E-state index contributed by atoms with van der Waals surface area (Å²) in [6, 6.07) is 0. The molecule has 0 fully saturated rings. The lowest BCUT2D eigenvalue weighted by Gasteiger charge is -2.19. The predicted molar refractivity (Wildman–Crippen MR) is 69.6 cm³/mol.